The molecule has 0 saturated carbocycles. The summed E-state index contributed by atoms with van der Waals surface area (Å²) in [5.41, 5.74) is 0. The number of aliphatic hydroxyl groups excluding tert-OH is 1. The van der Waals surface area contributed by atoms with Crippen molar-refractivity contribution in [2.75, 3.05) is 7.11 Å². The quantitative estimate of drug-likeness (QED) is 0.628. The van der Waals surface area contributed by atoms with Gasteiger partial charge in [-0.25, -0.2) is 0 Å². The normalized spacial score (nSPS) is 3.00. The van der Waals surface area contributed by atoms with Crippen LogP contribution in [-0.2, 0) is 0 Å². The fourth-order valence-electron chi connectivity index (χ4n) is 0. The molecule has 0 aromatic carbocycles. The van der Waals surface area contributed by atoms with Gasteiger partial charge in [-0.2, -0.15) is 0 Å². The molecular formula is CH4ClGdO. The van der Waals surface area contributed by atoms with E-state index in [1.165, 1.54) is 36.4 Å². The summed E-state index contributed by atoms with van der Waals surface area (Å²) in [5.74, 6) is 4.67. The summed E-state index contributed by atoms with van der Waals surface area (Å²) in [6, 6.07) is 0. The Morgan fingerprint density at radius 3 is 1.50 bits per heavy atom. The summed E-state index contributed by atoms with van der Waals surface area (Å²) in [7, 11) is 1.00. The van der Waals surface area contributed by atoms with Crippen molar-refractivity contribution in [3.05, 3.63) is 0 Å². The van der Waals surface area contributed by atoms with Gasteiger partial charge < -0.3 is 5.11 Å². The molecule has 0 spiro atoms. The van der Waals surface area contributed by atoms with Gasteiger partial charge in [-0.1, -0.05) is 0 Å². The van der Waals surface area contributed by atoms with Gasteiger partial charge in [-0.3, -0.25) is 0 Å². The Morgan fingerprint density at radius 1 is 1.50 bits per heavy atom. The van der Waals surface area contributed by atoms with E-state index in [-0.39, 0.29) is 0 Å². The Labute approximate surface area is 53.9 Å². The second-order valence-electron chi connectivity index (χ2n) is 0. The van der Waals surface area contributed by atoms with Gasteiger partial charge in [0.25, 0.3) is 0 Å². The van der Waals surface area contributed by atoms with Crippen LogP contribution < -0.4 is 0 Å². The predicted molar refractivity (Wildman–Crippen MR) is 14.0 cm³/mol. The second-order valence-corrected chi connectivity index (χ2v) is 0. The van der Waals surface area contributed by atoms with Gasteiger partial charge in [0.05, 0.1) is 0 Å². The van der Waals surface area contributed by atoms with Crippen molar-refractivity contribution in [2.45, 2.75) is 0 Å². The van der Waals surface area contributed by atoms with Crippen LogP contribution in [0.15, 0.2) is 0 Å². The SMILES string of the molecule is CO.[Cl][Gd]. The molecule has 0 saturated heterocycles. The molecule has 4 heavy (non-hydrogen) atoms. The number of rotatable bonds is 0. The molecule has 0 amide bonds. The molecule has 1 N–H and O–H groups in total. The molecule has 0 aliphatic rings. The fraction of sp³-hybridized carbons (Fsp3) is 1.00. The number of aliphatic hydroxyl groups is 1. The van der Waals surface area contributed by atoms with Crippen LogP contribution in [0.4, 0.5) is 0 Å². The summed E-state index contributed by atoms with van der Waals surface area (Å²) in [6.07, 6.45) is 0. The Kier molecular flexibility index (Phi) is 53.8. The van der Waals surface area contributed by atoms with Gasteiger partial charge in [0.2, 0.25) is 0 Å². The van der Waals surface area contributed by atoms with Gasteiger partial charge in [0.15, 0.2) is 0 Å². The van der Waals surface area contributed by atoms with E-state index < -0.39 is 0 Å². The molecule has 0 rings (SSSR count). The minimum atomic E-state index is 1.00. The number of hydrogen-bond acceptors (Lipinski definition) is 1. The second kappa shape index (κ2) is 23.6. The van der Waals surface area contributed by atoms with Crippen molar-refractivity contribution in [3.63, 3.8) is 0 Å². The van der Waals surface area contributed by atoms with Crippen LogP contribution in [0, 0.1) is 36.4 Å². The van der Waals surface area contributed by atoms with E-state index in [4.69, 9.17) is 5.11 Å². The first-order chi connectivity index (χ1) is 2.00. The molecule has 1 nitrogen and oxygen atoms in total. The molecule has 0 heterocycles. The zero-order valence-corrected chi connectivity index (χ0v) is 5.20. The maximum absolute atomic E-state index is 7.00. The monoisotopic (exact) mass is 225 g/mol. The van der Waals surface area contributed by atoms with Crippen molar-refractivity contribution in [3.8, 4) is 0 Å². The Balaban J connectivity index is 0. The molecular weight excluding hydrogens is 221 g/mol. The van der Waals surface area contributed by atoms with E-state index in [2.05, 4.69) is 5.97 Å². The summed E-state index contributed by atoms with van der Waals surface area (Å²) >= 11 is 1.33. The van der Waals surface area contributed by atoms with E-state index in [9.17, 15) is 0 Å². The third kappa shape index (κ3) is 9.56. The van der Waals surface area contributed by atoms with Crippen molar-refractivity contribution in [2.24, 2.45) is 0 Å². The van der Waals surface area contributed by atoms with Gasteiger partial charge in [-0.05, 0) is 0 Å². The molecule has 0 aromatic heterocycles. The van der Waals surface area contributed by atoms with E-state index >= 15 is 0 Å². The average molecular weight is 225 g/mol. The molecule has 0 unspecified atom stereocenters. The minimum absolute atomic E-state index is 1.00. The van der Waals surface area contributed by atoms with Crippen LogP contribution in [0.5, 0.6) is 0 Å². The third-order valence-electron chi connectivity index (χ3n) is 0. The number of hydrogen-bond donors (Lipinski definition) is 1. The Morgan fingerprint density at radius 2 is 1.50 bits per heavy atom. The van der Waals surface area contributed by atoms with Crippen LogP contribution >= 0.6 is 5.97 Å². The zero-order valence-electron chi connectivity index (χ0n) is 2.18. The first kappa shape index (κ1) is 9.13. The summed E-state index contributed by atoms with van der Waals surface area (Å²) in [4.78, 5) is 0. The van der Waals surface area contributed by atoms with Crippen molar-refractivity contribution < 1.29 is 41.5 Å². The van der Waals surface area contributed by atoms with Gasteiger partial charge >= 0.3 is 42.3 Å². The van der Waals surface area contributed by atoms with Crippen molar-refractivity contribution in [1.82, 2.24) is 0 Å². The van der Waals surface area contributed by atoms with Gasteiger partial charge in [-0.15, -0.1) is 0 Å². The fourth-order valence-corrected chi connectivity index (χ4v) is 0. The average Bonchev–Trinajstić information content (AvgIpc) is 1.50. The van der Waals surface area contributed by atoms with E-state index in [1.807, 2.05) is 0 Å². The predicted octanol–water partition coefficient (Wildman–Crippen LogP) is 0.298. The van der Waals surface area contributed by atoms with Crippen LogP contribution in [0.3, 0.4) is 0 Å². The van der Waals surface area contributed by atoms with Gasteiger partial charge in [0, 0.05) is 7.11 Å². The molecule has 0 aliphatic heterocycles. The molecule has 0 aliphatic carbocycles. The Hall–Kier alpha value is 1.57. The van der Waals surface area contributed by atoms with Crippen LogP contribution in [-0.4, -0.2) is 12.2 Å². The topological polar surface area (TPSA) is 20.2 Å². The summed E-state index contributed by atoms with van der Waals surface area (Å²) in [5, 5.41) is 7.00. The first-order valence-corrected chi connectivity index (χ1v) is 3.42. The van der Waals surface area contributed by atoms with E-state index in [0.29, 0.717) is 0 Å². The van der Waals surface area contributed by atoms with E-state index in [1.54, 1.807) is 0 Å². The van der Waals surface area contributed by atoms with Crippen LogP contribution in [0.25, 0.3) is 0 Å². The standard InChI is InChI=1S/CH4O.ClH.Gd/c1-2;;/h2H,1H3;1H;/q;;+1/p-1. The summed E-state index contributed by atoms with van der Waals surface area (Å²) in [6.45, 7) is 0. The zero-order chi connectivity index (χ0) is 4.00. The van der Waals surface area contributed by atoms with Crippen molar-refractivity contribution in [1.29, 1.82) is 0 Å². The molecule has 3 heteroatoms. The first-order valence-electron chi connectivity index (χ1n) is 0.581. The molecule has 0 bridgehead atoms. The van der Waals surface area contributed by atoms with E-state index in [0.717, 1.165) is 7.11 Å². The van der Waals surface area contributed by atoms with Gasteiger partial charge in [0.1, 0.15) is 0 Å². The van der Waals surface area contributed by atoms with Crippen LogP contribution in [0.2, 0.25) is 0 Å². The maximum atomic E-state index is 7.00. The van der Waals surface area contributed by atoms with Crippen LogP contribution in [0.1, 0.15) is 0 Å². The van der Waals surface area contributed by atoms with Crippen molar-refractivity contribution >= 4 is 5.97 Å². The Bertz CT molecular complexity index is 8.00. The summed E-state index contributed by atoms with van der Waals surface area (Å²) < 4.78 is 0. The molecule has 0 aromatic rings. The molecule has 0 atom stereocenters. The molecule has 29 valence electrons. The third-order valence-corrected chi connectivity index (χ3v) is 0. The molecule has 0 radical (unpaired) electrons. The molecule has 0 fully saturated rings. The number of halogens is 1.